The summed E-state index contributed by atoms with van der Waals surface area (Å²) < 4.78 is 1.97. The molecule has 0 aliphatic heterocycles. The fourth-order valence-electron chi connectivity index (χ4n) is 3.21. The fraction of sp³-hybridized carbons (Fsp3) is 0.438. The summed E-state index contributed by atoms with van der Waals surface area (Å²) in [6.45, 7) is 3.85. The van der Waals surface area contributed by atoms with Gasteiger partial charge in [-0.3, -0.25) is 14.2 Å². The van der Waals surface area contributed by atoms with Crippen LogP contribution in [0.3, 0.4) is 0 Å². The fourth-order valence-corrected chi connectivity index (χ4v) is 3.96. The average molecular weight is 333 g/mol. The van der Waals surface area contributed by atoms with Crippen molar-refractivity contribution in [2.45, 2.75) is 39.2 Å². The molecule has 0 unspecified atom stereocenters. The molecule has 7 heteroatoms. The first-order valence-electron chi connectivity index (χ1n) is 7.60. The zero-order valence-electron chi connectivity index (χ0n) is 13.1. The van der Waals surface area contributed by atoms with E-state index in [9.17, 15) is 9.59 Å². The lowest BCUT2D eigenvalue weighted by atomic mass is 10.1. The number of nitrogens with zero attached hydrogens (tertiary/aromatic N) is 2. The van der Waals surface area contributed by atoms with Crippen LogP contribution in [0, 0.1) is 19.8 Å². The number of carboxylic acids is 1. The Balaban J connectivity index is 1.76. The van der Waals surface area contributed by atoms with Crippen LogP contribution in [0.1, 0.15) is 41.0 Å². The number of nitrogens with one attached hydrogen (secondary N) is 1. The highest BCUT2D eigenvalue weighted by Gasteiger charge is 2.31. The zero-order valence-corrected chi connectivity index (χ0v) is 13.9. The van der Waals surface area contributed by atoms with Crippen molar-refractivity contribution in [1.82, 2.24) is 14.9 Å². The first-order chi connectivity index (χ1) is 11.0. The molecule has 122 valence electrons. The zero-order chi connectivity index (χ0) is 16.6. The SMILES string of the molecule is Cc1cc(C(=O)N[C@@H]2CC[C@H](C(=O)O)C2)c(C)n1-c1nccs1. The smallest absolute Gasteiger partial charge is 0.306 e. The van der Waals surface area contributed by atoms with Crippen LogP contribution in [-0.2, 0) is 4.79 Å². The van der Waals surface area contributed by atoms with E-state index >= 15 is 0 Å². The summed E-state index contributed by atoms with van der Waals surface area (Å²) in [4.78, 5) is 27.9. The van der Waals surface area contributed by atoms with E-state index in [1.54, 1.807) is 6.20 Å². The van der Waals surface area contributed by atoms with Crippen LogP contribution in [0.2, 0.25) is 0 Å². The Morgan fingerprint density at radius 3 is 2.78 bits per heavy atom. The molecular formula is C16H19N3O3S. The monoisotopic (exact) mass is 333 g/mol. The van der Waals surface area contributed by atoms with E-state index in [0.29, 0.717) is 24.8 Å². The van der Waals surface area contributed by atoms with Crippen molar-refractivity contribution in [2.24, 2.45) is 5.92 Å². The molecule has 0 radical (unpaired) electrons. The van der Waals surface area contributed by atoms with Gasteiger partial charge in [-0.2, -0.15) is 0 Å². The van der Waals surface area contributed by atoms with E-state index < -0.39 is 5.97 Å². The number of amides is 1. The van der Waals surface area contributed by atoms with Gasteiger partial charge < -0.3 is 10.4 Å². The molecule has 2 heterocycles. The van der Waals surface area contributed by atoms with Crippen LogP contribution in [-0.4, -0.2) is 32.6 Å². The second kappa shape index (κ2) is 6.16. The quantitative estimate of drug-likeness (QED) is 0.900. The number of carbonyl (C=O) groups is 2. The van der Waals surface area contributed by atoms with Gasteiger partial charge in [-0.05, 0) is 39.2 Å². The molecule has 0 spiro atoms. The van der Waals surface area contributed by atoms with Crippen molar-refractivity contribution in [2.75, 3.05) is 0 Å². The Hall–Kier alpha value is -2.15. The highest BCUT2D eigenvalue weighted by atomic mass is 32.1. The summed E-state index contributed by atoms with van der Waals surface area (Å²) in [6, 6.07) is 1.79. The lowest BCUT2D eigenvalue weighted by Gasteiger charge is -2.12. The molecule has 23 heavy (non-hydrogen) atoms. The first-order valence-corrected chi connectivity index (χ1v) is 8.47. The lowest BCUT2D eigenvalue weighted by molar-refractivity contribution is -0.141. The first kappa shape index (κ1) is 15.7. The minimum Gasteiger partial charge on any atom is -0.481 e. The number of rotatable bonds is 4. The summed E-state index contributed by atoms with van der Waals surface area (Å²) >= 11 is 1.52. The van der Waals surface area contributed by atoms with E-state index in [0.717, 1.165) is 16.5 Å². The van der Waals surface area contributed by atoms with Crippen molar-refractivity contribution in [3.8, 4) is 5.13 Å². The van der Waals surface area contributed by atoms with Gasteiger partial charge >= 0.3 is 5.97 Å². The van der Waals surface area contributed by atoms with Gasteiger partial charge in [-0.25, -0.2) is 4.98 Å². The van der Waals surface area contributed by atoms with E-state index in [1.165, 1.54) is 11.3 Å². The normalized spacial score (nSPS) is 20.6. The molecule has 3 rings (SSSR count). The van der Waals surface area contributed by atoms with E-state index in [4.69, 9.17) is 5.11 Å². The molecule has 2 aromatic heterocycles. The van der Waals surface area contributed by atoms with Gasteiger partial charge in [0, 0.05) is 29.0 Å². The lowest BCUT2D eigenvalue weighted by Crippen LogP contribution is -2.33. The van der Waals surface area contributed by atoms with Crippen LogP contribution in [0.5, 0.6) is 0 Å². The van der Waals surface area contributed by atoms with Crippen molar-refractivity contribution < 1.29 is 14.7 Å². The molecule has 1 aliphatic carbocycles. The third kappa shape index (κ3) is 3.01. The minimum atomic E-state index is -0.774. The maximum Gasteiger partial charge on any atom is 0.306 e. The third-order valence-corrected chi connectivity index (χ3v) is 5.16. The molecular weight excluding hydrogens is 314 g/mol. The Morgan fingerprint density at radius 2 is 2.17 bits per heavy atom. The number of hydrogen-bond acceptors (Lipinski definition) is 4. The van der Waals surface area contributed by atoms with Gasteiger partial charge in [0.2, 0.25) is 0 Å². The number of aliphatic carboxylic acids is 1. The van der Waals surface area contributed by atoms with Gasteiger partial charge in [-0.1, -0.05) is 0 Å². The van der Waals surface area contributed by atoms with E-state index in [1.807, 2.05) is 29.9 Å². The molecule has 6 nitrogen and oxygen atoms in total. The van der Waals surface area contributed by atoms with Gasteiger partial charge in [0.25, 0.3) is 5.91 Å². The number of carbonyl (C=O) groups excluding carboxylic acids is 1. The predicted molar refractivity (Wildman–Crippen MR) is 87.1 cm³/mol. The van der Waals surface area contributed by atoms with Crippen molar-refractivity contribution >= 4 is 23.2 Å². The van der Waals surface area contributed by atoms with Crippen molar-refractivity contribution in [3.63, 3.8) is 0 Å². The highest BCUT2D eigenvalue weighted by molar-refractivity contribution is 7.12. The summed E-state index contributed by atoms with van der Waals surface area (Å²) in [7, 11) is 0. The van der Waals surface area contributed by atoms with Crippen molar-refractivity contribution in [3.05, 3.63) is 34.6 Å². The Kier molecular flexibility index (Phi) is 4.21. The molecule has 1 fully saturated rings. The Bertz CT molecular complexity index is 736. The van der Waals surface area contributed by atoms with E-state index in [-0.39, 0.29) is 17.9 Å². The topological polar surface area (TPSA) is 84.2 Å². The molecule has 0 bridgehead atoms. The Morgan fingerprint density at radius 1 is 1.39 bits per heavy atom. The summed E-state index contributed by atoms with van der Waals surface area (Å²) in [5.74, 6) is -1.26. The number of aromatic nitrogens is 2. The molecule has 1 amide bonds. The minimum absolute atomic E-state index is 0.0634. The summed E-state index contributed by atoms with van der Waals surface area (Å²) in [5, 5.41) is 14.8. The third-order valence-electron chi connectivity index (χ3n) is 4.40. The van der Waals surface area contributed by atoms with Gasteiger partial charge in [0.1, 0.15) is 0 Å². The number of aryl methyl sites for hydroxylation is 1. The molecule has 2 aromatic rings. The van der Waals surface area contributed by atoms with Crippen LogP contribution in [0.15, 0.2) is 17.6 Å². The maximum atomic E-state index is 12.5. The maximum absolute atomic E-state index is 12.5. The molecule has 2 atom stereocenters. The van der Waals surface area contributed by atoms with Crippen molar-refractivity contribution in [1.29, 1.82) is 0 Å². The molecule has 2 N–H and O–H groups in total. The van der Waals surface area contributed by atoms with Crippen LogP contribution in [0.25, 0.3) is 5.13 Å². The van der Waals surface area contributed by atoms with Gasteiger partial charge in [0.05, 0.1) is 11.5 Å². The van der Waals surface area contributed by atoms with Gasteiger partial charge in [-0.15, -0.1) is 11.3 Å². The van der Waals surface area contributed by atoms with Crippen LogP contribution >= 0.6 is 11.3 Å². The second-order valence-electron chi connectivity index (χ2n) is 5.95. The Labute approximate surface area is 138 Å². The van der Waals surface area contributed by atoms with Gasteiger partial charge in [0.15, 0.2) is 5.13 Å². The van der Waals surface area contributed by atoms with E-state index in [2.05, 4.69) is 10.3 Å². The average Bonchev–Trinajstić information content (AvgIpc) is 3.19. The van der Waals surface area contributed by atoms with Crippen LogP contribution in [0.4, 0.5) is 0 Å². The molecule has 0 saturated heterocycles. The number of thiazole rings is 1. The highest BCUT2D eigenvalue weighted by Crippen LogP contribution is 2.27. The molecule has 1 aliphatic rings. The standard InChI is InChI=1S/C16H19N3O3S/c1-9-7-13(10(2)19(9)16-17-5-6-23-16)14(20)18-12-4-3-11(8-12)15(21)22/h5-7,11-12H,3-4,8H2,1-2H3,(H,18,20)(H,21,22)/t11-,12+/m0/s1. The molecule has 1 saturated carbocycles. The second-order valence-corrected chi connectivity index (χ2v) is 6.83. The number of carboxylic acid groups (broad SMARTS) is 1. The number of hydrogen-bond donors (Lipinski definition) is 2. The summed E-state index contributed by atoms with van der Waals surface area (Å²) in [5.41, 5.74) is 2.43. The predicted octanol–water partition coefficient (Wildman–Crippen LogP) is 2.53. The molecule has 0 aromatic carbocycles. The summed E-state index contributed by atoms with van der Waals surface area (Å²) in [6.07, 6.45) is 3.59. The van der Waals surface area contributed by atoms with Crippen LogP contribution < -0.4 is 5.32 Å². The largest absolute Gasteiger partial charge is 0.481 e.